The summed E-state index contributed by atoms with van der Waals surface area (Å²) >= 11 is 0. The monoisotopic (exact) mass is 168 g/mol. The van der Waals surface area contributed by atoms with E-state index in [9.17, 15) is 0 Å². The Kier molecular flexibility index (Phi) is 2.06. The molecule has 0 bridgehead atoms. The van der Waals surface area contributed by atoms with E-state index in [1.165, 1.54) is 0 Å². The number of aromatic nitrogens is 1. The van der Waals surface area contributed by atoms with Crippen LogP contribution in [0.1, 0.15) is 0 Å². The summed E-state index contributed by atoms with van der Waals surface area (Å²) in [7, 11) is 0. The predicted octanol–water partition coefficient (Wildman–Crippen LogP) is -1.12. The number of halogens is 1. The number of fused-ring (bicyclic) bond motifs is 1. The van der Waals surface area contributed by atoms with Crippen LogP contribution >= 0.6 is 0 Å². The summed E-state index contributed by atoms with van der Waals surface area (Å²) in [5, 5.41) is 11.2. The number of phenolic OH excluding ortho intramolecular Hbond substituents is 1. The Morgan fingerprint density at radius 3 is 2.64 bits per heavy atom. The average Bonchev–Trinajstić information content (AvgIpc) is 2.33. The minimum atomic E-state index is 0. The molecule has 0 aliphatic heterocycles. The molecule has 0 atom stereocenters. The Morgan fingerprint density at radius 1 is 1.09 bits per heavy atom. The zero-order valence-electron chi connectivity index (χ0n) is 5.71. The molecule has 11 heavy (non-hydrogen) atoms. The van der Waals surface area contributed by atoms with Gasteiger partial charge < -0.3 is 22.5 Å². The van der Waals surface area contributed by atoms with E-state index in [1.807, 2.05) is 18.5 Å². The zero-order valence-corrected chi connectivity index (χ0v) is 6.47. The molecule has 0 aliphatic rings. The number of phenols is 1. The summed E-state index contributed by atoms with van der Waals surface area (Å²) in [5.41, 5.74) is 0. The number of aromatic amines is 1. The molecule has 0 fully saturated rings. The summed E-state index contributed by atoms with van der Waals surface area (Å²) in [6.45, 7) is 0. The molecule has 2 rings (SSSR count). The maximum atomic E-state index is 9.03. The van der Waals surface area contributed by atoms with Crippen LogP contribution < -0.4 is 12.4 Å². The molecule has 0 saturated carbocycles. The molecule has 2 N–H and O–H groups in total. The third kappa shape index (κ3) is 1.30. The van der Waals surface area contributed by atoms with E-state index in [0.717, 1.165) is 10.8 Å². The number of hydrogen-bond acceptors (Lipinski definition) is 1. The molecule has 1 heterocycles. The van der Waals surface area contributed by atoms with Crippen molar-refractivity contribution in [1.29, 1.82) is 0 Å². The van der Waals surface area contributed by atoms with E-state index < -0.39 is 0 Å². The Labute approximate surface area is 70.3 Å². The highest BCUT2D eigenvalue weighted by Gasteiger charge is 1.92. The first-order valence-electron chi connectivity index (χ1n) is 3.12. The summed E-state index contributed by atoms with van der Waals surface area (Å²) in [4.78, 5) is 2.95. The van der Waals surface area contributed by atoms with Gasteiger partial charge in [-0.05, 0) is 23.6 Å². The van der Waals surface area contributed by atoms with E-state index in [2.05, 4.69) is 4.98 Å². The van der Waals surface area contributed by atoms with Crippen molar-refractivity contribution < 1.29 is 17.5 Å². The first kappa shape index (κ1) is 7.95. The molecule has 0 unspecified atom stereocenters. The molecule has 0 radical (unpaired) electrons. The Hall–Kier alpha value is -1.15. The molecule has 0 aliphatic carbocycles. The van der Waals surface area contributed by atoms with Crippen LogP contribution in [0.2, 0.25) is 0 Å². The van der Waals surface area contributed by atoms with Crippen LogP contribution in [-0.2, 0) is 0 Å². The van der Waals surface area contributed by atoms with E-state index in [0.29, 0.717) is 5.75 Å². The smallest absolute Gasteiger partial charge is 0.116 e. The van der Waals surface area contributed by atoms with Gasteiger partial charge in [0.05, 0.1) is 0 Å². The third-order valence-corrected chi connectivity index (χ3v) is 1.55. The van der Waals surface area contributed by atoms with Crippen LogP contribution in [0.15, 0.2) is 30.6 Å². The molecule has 2 aromatic rings. The molecule has 0 spiro atoms. The minimum Gasteiger partial charge on any atom is -1.00 e. The van der Waals surface area contributed by atoms with E-state index in [1.54, 1.807) is 12.1 Å². The van der Waals surface area contributed by atoms with Crippen molar-refractivity contribution in [3.63, 3.8) is 0 Å². The molecule has 3 heteroatoms. The van der Waals surface area contributed by atoms with Crippen molar-refractivity contribution in [2.75, 3.05) is 0 Å². The third-order valence-electron chi connectivity index (χ3n) is 1.55. The van der Waals surface area contributed by atoms with Crippen molar-refractivity contribution in [2.24, 2.45) is 0 Å². The van der Waals surface area contributed by atoms with Crippen LogP contribution in [0.4, 0.5) is 0 Å². The summed E-state index contributed by atoms with van der Waals surface area (Å²) in [5.74, 6) is 0.312. The van der Waals surface area contributed by atoms with Gasteiger partial charge in [-0.2, -0.15) is 0 Å². The minimum absolute atomic E-state index is 0. The van der Waals surface area contributed by atoms with Gasteiger partial charge in [0.1, 0.15) is 5.75 Å². The van der Waals surface area contributed by atoms with Crippen molar-refractivity contribution in [3.8, 4) is 5.75 Å². The highest BCUT2D eigenvalue weighted by Crippen LogP contribution is 2.18. The normalized spacial score (nSPS) is 9.45. The maximum absolute atomic E-state index is 9.03. The van der Waals surface area contributed by atoms with E-state index >= 15 is 0 Å². The Bertz CT molecular complexity index is 356. The molecule has 1 aromatic heterocycles. The Morgan fingerprint density at radius 2 is 1.82 bits per heavy atom. The molecule has 1 aromatic carbocycles. The number of H-pyrrole nitrogens is 1. The molecular weight excluding hydrogens is 162 g/mol. The summed E-state index contributed by atoms with van der Waals surface area (Å²) in [6, 6.07) is 5.28. The van der Waals surface area contributed by atoms with Gasteiger partial charge in [0.15, 0.2) is 0 Å². The average molecular weight is 169 g/mol. The highest BCUT2D eigenvalue weighted by atomic mass is 35.5. The van der Waals surface area contributed by atoms with Crippen LogP contribution in [-0.4, -0.2) is 10.1 Å². The molecule has 2 nitrogen and oxygen atoms in total. The quantitative estimate of drug-likeness (QED) is 0.514. The van der Waals surface area contributed by atoms with Crippen LogP contribution in [0.3, 0.4) is 0 Å². The van der Waals surface area contributed by atoms with Crippen molar-refractivity contribution in [1.82, 2.24) is 4.98 Å². The van der Waals surface area contributed by atoms with Crippen molar-refractivity contribution in [2.45, 2.75) is 0 Å². The fourth-order valence-electron chi connectivity index (χ4n) is 1.04. The first-order chi connectivity index (χ1) is 4.86. The SMILES string of the molecule is Oc1ccc2c[nH]cc2c1.[Cl-]. The van der Waals surface area contributed by atoms with Gasteiger partial charge in [0.2, 0.25) is 0 Å². The van der Waals surface area contributed by atoms with Gasteiger partial charge >= 0.3 is 0 Å². The lowest BCUT2D eigenvalue weighted by atomic mass is 10.2. The maximum Gasteiger partial charge on any atom is 0.116 e. The fraction of sp³-hybridized carbons (Fsp3) is 0. The predicted molar refractivity (Wildman–Crippen MR) is 40.0 cm³/mol. The van der Waals surface area contributed by atoms with Gasteiger partial charge in [-0.25, -0.2) is 0 Å². The lowest BCUT2D eigenvalue weighted by Crippen LogP contribution is -3.00. The second-order valence-electron chi connectivity index (χ2n) is 2.27. The first-order valence-corrected chi connectivity index (χ1v) is 3.12. The van der Waals surface area contributed by atoms with Gasteiger partial charge in [0.25, 0.3) is 0 Å². The van der Waals surface area contributed by atoms with Crippen molar-refractivity contribution >= 4 is 10.8 Å². The number of rotatable bonds is 0. The number of hydrogen-bond donors (Lipinski definition) is 2. The molecule has 0 saturated heterocycles. The topological polar surface area (TPSA) is 36.0 Å². The molecule has 0 amide bonds. The summed E-state index contributed by atoms with van der Waals surface area (Å²) in [6.07, 6.45) is 3.75. The largest absolute Gasteiger partial charge is 1.00 e. The Balaban J connectivity index is 0.000000605. The fourth-order valence-corrected chi connectivity index (χ4v) is 1.04. The van der Waals surface area contributed by atoms with E-state index in [-0.39, 0.29) is 12.4 Å². The lowest BCUT2D eigenvalue weighted by Gasteiger charge is -1.89. The second kappa shape index (κ2) is 2.84. The van der Waals surface area contributed by atoms with Crippen molar-refractivity contribution in [3.05, 3.63) is 30.6 Å². The van der Waals surface area contributed by atoms with Crippen LogP contribution in [0.25, 0.3) is 10.8 Å². The van der Waals surface area contributed by atoms with Gasteiger partial charge in [0, 0.05) is 17.8 Å². The van der Waals surface area contributed by atoms with Gasteiger partial charge in [-0.15, -0.1) is 0 Å². The van der Waals surface area contributed by atoms with Gasteiger partial charge in [-0.3, -0.25) is 0 Å². The second-order valence-corrected chi connectivity index (χ2v) is 2.27. The highest BCUT2D eigenvalue weighted by molar-refractivity contribution is 5.83. The molecule has 58 valence electrons. The summed E-state index contributed by atoms with van der Waals surface area (Å²) < 4.78 is 0. The molecular formula is C8H7ClNO-. The lowest BCUT2D eigenvalue weighted by molar-refractivity contribution is -0.00000306. The number of benzene rings is 1. The zero-order chi connectivity index (χ0) is 6.97. The van der Waals surface area contributed by atoms with Crippen LogP contribution in [0.5, 0.6) is 5.75 Å². The standard InChI is InChI=1S/C8H7NO.ClH/c10-8-2-1-6-4-9-5-7(6)3-8;/h1-5,9-10H;1H/p-1. The van der Waals surface area contributed by atoms with Gasteiger partial charge in [-0.1, -0.05) is 0 Å². The van der Waals surface area contributed by atoms with Crippen LogP contribution in [0, 0.1) is 0 Å². The number of nitrogens with one attached hydrogen (secondary N) is 1. The van der Waals surface area contributed by atoms with E-state index in [4.69, 9.17) is 5.11 Å². The number of aromatic hydroxyl groups is 1.